The van der Waals surface area contributed by atoms with Gasteiger partial charge in [-0.25, -0.2) is 0 Å². The van der Waals surface area contributed by atoms with E-state index in [1.165, 1.54) is 37.0 Å². The molecular weight excluding hydrogens is 238 g/mol. The van der Waals surface area contributed by atoms with Crippen LogP contribution in [-0.4, -0.2) is 12.3 Å². The van der Waals surface area contributed by atoms with Crippen molar-refractivity contribution in [2.75, 3.05) is 12.3 Å². The Labute approximate surface area is 115 Å². The zero-order chi connectivity index (χ0) is 12.6. The molecule has 18 heavy (non-hydrogen) atoms. The summed E-state index contributed by atoms with van der Waals surface area (Å²) in [5.74, 6) is 9.39. The molecule has 0 spiro atoms. The van der Waals surface area contributed by atoms with Gasteiger partial charge in [-0.15, -0.1) is 0 Å². The van der Waals surface area contributed by atoms with Crippen LogP contribution in [0.5, 0.6) is 0 Å². The molecule has 1 saturated carbocycles. The monoisotopic (exact) mass is 259 g/mol. The second kappa shape index (κ2) is 7.51. The summed E-state index contributed by atoms with van der Waals surface area (Å²) in [6.07, 6.45) is 5.76. The molecule has 1 nitrogen and oxygen atoms in total. The maximum absolute atomic E-state index is 5.39. The predicted octanol–water partition coefficient (Wildman–Crippen LogP) is 3.42. The van der Waals surface area contributed by atoms with Crippen molar-refractivity contribution in [1.82, 2.24) is 0 Å². The lowest BCUT2D eigenvalue weighted by Crippen LogP contribution is -1.97. The lowest BCUT2D eigenvalue weighted by molar-refractivity contribution is 0.623. The highest BCUT2D eigenvalue weighted by atomic mass is 32.2. The molecule has 0 atom stereocenters. The molecule has 2 N–H and O–H groups in total. The summed E-state index contributed by atoms with van der Waals surface area (Å²) in [5.41, 5.74) is 7.85. The summed E-state index contributed by atoms with van der Waals surface area (Å²) in [6, 6.07) is 8.51. The van der Waals surface area contributed by atoms with Gasteiger partial charge >= 0.3 is 0 Å². The minimum absolute atomic E-state index is 0.431. The van der Waals surface area contributed by atoms with E-state index in [2.05, 4.69) is 41.8 Å². The molecule has 1 fully saturated rings. The maximum atomic E-state index is 5.39. The largest absolute Gasteiger partial charge is 0.320 e. The van der Waals surface area contributed by atoms with Crippen LogP contribution >= 0.6 is 11.8 Å². The molecule has 0 unspecified atom stereocenters. The van der Waals surface area contributed by atoms with Crippen LogP contribution in [0, 0.1) is 17.8 Å². The number of nitrogens with two attached hydrogens (primary N) is 1. The van der Waals surface area contributed by atoms with E-state index in [1.807, 2.05) is 6.07 Å². The fourth-order valence-electron chi connectivity index (χ4n) is 2.41. The molecular formula is C16H21NS. The van der Waals surface area contributed by atoms with Crippen LogP contribution in [0.2, 0.25) is 0 Å². The quantitative estimate of drug-likeness (QED) is 0.838. The third kappa shape index (κ3) is 4.40. The minimum atomic E-state index is 0.431. The van der Waals surface area contributed by atoms with Crippen LogP contribution in [0.1, 0.15) is 36.8 Å². The molecule has 0 bridgehead atoms. The van der Waals surface area contributed by atoms with Crippen LogP contribution in [0.4, 0.5) is 0 Å². The third-order valence-electron chi connectivity index (χ3n) is 3.36. The zero-order valence-corrected chi connectivity index (χ0v) is 11.6. The molecule has 0 aliphatic heterocycles. The standard InChI is InChI=1S/C16H21NS/c17-10-4-9-14-7-3-8-16(11-14)13-18-12-15-5-1-2-6-15/h3,7-8,11,15H,1-2,5-6,10,12-13,17H2. The highest BCUT2D eigenvalue weighted by Crippen LogP contribution is 2.29. The summed E-state index contributed by atoms with van der Waals surface area (Å²) in [5, 5.41) is 0. The van der Waals surface area contributed by atoms with Crippen molar-refractivity contribution in [1.29, 1.82) is 0 Å². The molecule has 1 aromatic carbocycles. The van der Waals surface area contributed by atoms with Gasteiger partial charge in [-0.3, -0.25) is 0 Å². The molecule has 0 amide bonds. The van der Waals surface area contributed by atoms with E-state index in [0.29, 0.717) is 6.54 Å². The molecule has 1 aromatic rings. The molecule has 0 saturated heterocycles. The zero-order valence-electron chi connectivity index (χ0n) is 10.8. The Morgan fingerprint density at radius 1 is 1.28 bits per heavy atom. The van der Waals surface area contributed by atoms with Crippen LogP contribution in [-0.2, 0) is 5.75 Å². The van der Waals surface area contributed by atoms with Crippen molar-refractivity contribution >= 4 is 11.8 Å². The van der Waals surface area contributed by atoms with E-state index in [0.717, 1.165) is 17.2 Å². The van der Waals surface area contributed by atoms with Crippen molar-refractivity contribution < 1.29 is 0 Å². The van der Waals surface area contributed by atoms with Crippen molar-refractivity contribution in [3.05, 3.63) is 35.4 Å². The summed E-state index contributed by atoms with van der Waals surface area (Å²) in [7, 11) is 0. The molecule has 1 aliphatic carbocycles. The molecule has 0 aromatic heterocycles. The summed E-state index contributed by atoms with van der Waals surface area (Å²) >= 11 is 2.06. The smallest absolute Gasteiger partial charge is 0.0555 e. The maximum Gasteiger partial charge on any atom is 0.0555 e. The lowest BCUT2D eigenvalue weighted by Gasteiger charge is -2.08. The minimum Gasteiger partial charge on any atom is -0.320 e. The van der Waals surface area contributed by atoms with E-state index in [4.69, 9.17) is 5.73 Å². The van der Waals surface area contributed by atoms with Crippen LogP contribution in [0.3, 0.4) is 0 Å². The average Bonchev–Trinajstić information content (AvgIpc) is 2.90. The van der Waals surface area contributed by atoms with Gasteiger partial charge in [-0.1, -0.05) is 36.8 Å². The Kier molecular flexibility index (Phi) is 5.64. The molecule has 0 heterocycles. The van der Waals surface area contributed by atoms with Gasteiger partial charge in [-0.05, 0) is 42.2 Å². The fraction of sp³-hybridized carbons (Fsp3) is 0.500. The summed E-state index contributed by atoms with van der Waals surface area (Å²) < 4.78 is 0. The van der Waals surface area contributed by atoms with E-state index < -0.39 is 0 Å². The predicted molar refractivity (Wildman–Crippen MR) is 80.5 cm³/mol. The number of benzene rings is 1. The number of thioether (sulfide) groups is 1. The van der Waals surface area contributed by atoms with Gasteiger partial charge in [0.1, 0.15) is 0 Å². The molecule has 0 radical (unpaired) electrons. The number of hydrogen-bond acceptors (Lipinski definition) is 2. The second-order valence-corrected chi connectivity index (χ2v) is 5.90. The Balaban J connectivity index is 1.81. The van der Waals surface area contributed by atoms with Crippen molar-refractivity contribution in [2.45, 2.75) is 31.4 Å². The van der Waals surface area contributed by atoms with Gasteiger partial charge in [0.25, 0.3) is 0 Å². The average molecular weight is 259 g/mol. The summed E-state index contributed by atoms with van der Waals surface area (Å²) in [4.78, 5) is 0. The van der Waals surface area contributed by atoms with E-state index >= 15 is 0 Å². The van der Waals surface area contributed by atoms with E-state index in [1.54, 1.807) is 0 Å². The van der Waals surface area contributed by atoms with Gasteiger partial charge in [0.2, 0.25) is 0 Å². The van der Waals surface area contributed by atoms with E-state index in [-0.39, 0.29) is 0 Å². The third-order valence-corrected chi connectivity index (χ3v) is 4.60. The van der Waals surface area contributed by atoms with Gasteiger partial charge in [-0.2, -0.15) is 11.8 Å². The Bertz CT molecular complexity index is 424. The van der Waals surface area contributed by atoms with Gasteiger partial charge in [0.05, 0.1) is 6.54 Å². The fourth-order valence-corrected chi connectivity index (χ4v) is 3.61. The molecule has 1 aliphatic rings. The SMILES string of the molecule is NCC#Cc1cccc(CSCC2CCCC2)c1. The second-order valence-electron chi connectivity index (χ2n) is 4.87. The van der Waals surface area contributed by atoms with Gasteiger partial charge in [0, 0.05) is 11.3 Å². The van der Waals surface area contributed by atoms with Crippen molar-refractivity contribution in [3.63, 3.8) is 0 Å². The lowest BCUT2D eigenvalue weighted by atomic mass is 10.1. The first kappa shape index (κ1) is 13.5. The Morgan fingerprint density at radius 2 is 2.11 bits per heavy atom. The van der Waals surface area contributed by atoms with Crippen LogP contribution in [0.15, 0.2) is 24.3 Å². The Hall–Kier alpha value is -0.910. The molecule has 96 valence electrons. The highest BCUT2D eigenvalue weighted by Gasteiger charge is 2.14. The first-order valence-electron chi connectivity index (χ1n) is 6.74. The van der Waals surface area contributed by atoms with Crippen molar-refractivity contribution in [2.24, 2.45) is 11.7 Å². The first-order chi connectivity index (χ1) is 8.88. The van der Waals surface area contributed by atoms with Crippen LogP contribution in [0.25, 0.3) is 0 Å². The first-order valence-corrected chi connectivity index (χ1v) is 7.89. The number of hydrogen-bond donors (Lipinski definition) is 1. The topological polar surface area (TPSA) is 26.0 Å². The van der Waals surface area contributed by atoms with Gasteiger partial charge in [0.15, 0.2) is 0 Å². The highest BCUT2D eigenvalue weighted by molar-refractivity contribution is 7.98. The van der Waals surface area contributed by atoms with Gasteiger partial charge < -0.3 is 5.73 Å². The van der Waals surface area contributed by atoms with Crippen molar-refractivity contribution in [3.8, 4) is 11.8 Å². The summed E-state index contributed by atoms with van der Waals surface area (Å²) in [6.45, 7) is 0.431. The number of rotatable bonds is 4. The van der Waals surface area contributed by atoms with E-state index in [9.17, 15) is 0 Å². The molecule has 2 heteroatoms. The normalized spacial score (nSPS) is 15.4. The van der Waals surface area contributed by atoms with Crippen LogP contribution < -0.4 is 5.73 Å². The Morgan fingerprint density at radius 3 is 2.89 bits per heavy atom. The molecule has 2 rings (SSSR count).